The first-order valence-corrected chi connectivity index (χ1v) is 9.22. The fourth-order valence-corrected chi connectivity index (χ4v) is 3.40. The van der Waals surface area contributed by atoms with Gasteiger partial charge in [-0.1, -0.05) is 42.5 Å². The number of ether oxygens (including phenoxy) is 1. The normalized spacial score (nSPS) is 15.3. The van der Waals surface area contributed by atoms with Crippen molar-refractivity contribution >= 4 is 11.8 Å². The molecule has 27 heavy (non-hydrogen) atoms. The zero-order chi connectivity index (χ0) is 19.1. The topological polar surface area (TPSA) is 84.7 Å². The van der Waals surface area contributed by atoms with E-state index in [2.05, 4.69) is 22.3 Å². The van der Waals surface area contributed by atoms with Gasteiger partial charge in [-0.3, -0.25) is 14.5 Å². The number of primary amides is 1. The van der Waals surface area contributed by atoms with Gasteiger partial charge in [0, 0.05) is 6.54 Å². The zero-order valence-corrected chi connectivity index (χ0v) is 15.3. The quantitative estimate of drug-likeness (QED) is 0.748. The van der Waals surface area contributed by atoms with Crippen molar-refractivity contribution in [1.29, 1.82) is 0 Å². The van der Waals surface area contributed by atoms with Gasteiger partial charge in [0.2, 0.25) is 0 Å². The predicted octanol–water partition coefficient (Wildman–Crippen LogP) is 2.12. The van der Waals surface area contributed by atoms with Crippen LogP contribution in [-0.4, -0.2) is 43.0 Å². The van der Waals surface area contributed by atoms with E-state index in [1.807, 2.05) is 18.2 Å². The minimum Gasteiger partial charge on any atom is -0.483 e. The Labute approximate surface area is 159 Å². The third kappa shape index (κ3) is 5.08. The molecule has 0 aliphatic carbocycles. The summed E-state index contributed by atoms with van der Waals surface area (Å²) in [4.78, 5) is 26.1. The molecule has 0 radical (unpaired) electrons. The molecule has 1 heterocycles. The minimum atomic E-state index is -0.580. The van der Waals surface area contributed by atoms with E-state index >= 15 is 0 Å². The Bertz CT molecular complexity index is 773. The lowest BCUT2D eigenvalue weighted by Crippen LogP contribution is -2.37. The summed E-state index contributed by atoms with van der Waals surface area (Å²) in [5.74, 6) is -0.454. The van der Waals surface area contributed by atoms with Crippen LogP contribution in [0.15, 0.2) is 54.6 Å². The molecule has 0 saturated carbocycles. The lowest BCUT2D eigenvalue weighted by molar-refractivity contribution is -0.119. The van der Waals surface area contributed by atoms with Gasteiger partial charge in [-0.25, -0.2) is 0 Å². The molecule has 0 spiro atoms. The number of rotatable bonds is 8. The lowest BCUT2D eigenvalue weighted by Gasteiger charge is -2.28. The Morgan fingerprint density at radius 1 is 1.04 bits per heavy atom. The predicted molar refractivity (Wildman–Crippen MR) is 103 cm³/mol. The number of likely N-dealkylation sites (tertiary alicyclic amines) is 1. The number of nitrogens with zero attached hydrogens (tertiary/aromatic N) is 1. The zero-order valence-electron chi connectivity index (χ0n) is 15.3. The Balaban J connectivity index is 1.70. The van der Waals surface area contributed by atoms with Gasteiger partial charge < -0.3 is 15.8 Å². The molecule has 6 heteroatoms. The van der Waals surface area contributed by atoms with Gasteiger partial charge in [0.15, 0.2) is 6.61 Å². The van der Waals surface area contributed by atoms with E-state index in [4.69, 9.17) is 10.5 Å². The molecule has 1 fully saturated rings. The third-order valence-corrected chi connectivity index (χ3v) is 4.72. The van der Waals surface area contributed by atoms with Gasteiger partial charge in [0.25, 0.3) is 11.8 Å². The molecular weight excluding hydrogens is 342 g/mol. The molecule has 1 atom stereocenters. The van der Waals surface area contributed by atoms with E-state index in [-0.39, 0.29) is 18.6 Å². The Hall–Kier alpha value is -2.86. The maximum absolute atomic E-state index is 12.7. The van der Waals surface area contributed by atoms with Crippen LogP contribution >= 0.6 is 0 Å². The summed E-state index contributed by atoms with van der Waals surface area (Å²) in [6, 6.07) is 17.2. The van der Waals surface area contributed by atoms with Crippen LogP contribution in [0.1, 0.15) is 34.8 Å². The first-order chi connectivity index (χ1) is 13.1. The van der Waals surface area contributed by atoms with Gasteiger partial charge in [0.1, 0.15) is 5.75 Å². The maximum atomic E-state index is 12.7. The van der Waals surface area contributed by atoms with E-state index in [0.29, 0.717) is 17.9 Å². The standard InChI is InChI=1S/C21H25N3O3/c22-20(25)15-27-19-11-5-4-10-17(19)21(26)23-14-18(24-12-6-7-13-24)16-8-2-1-3-9-16/h1-5,8-11,18H,6-7,12-15H2,(H2,22,25)(H,23,26). The summed E-state index contributed by atoms with van der Waals surface area (Å²) in [6.07, 6.45) is 2.36. The minimum absolute atomic E-state index is 0.136. The molecule has 3 N–H and O–H groups in total. The number of benzene rings is 2. The summed E-state index contributed by atoms with van der Waals surface area (Å²) in [7, 11) is 0. The van der Waals surface area contributed by atoms with Gasteiger partial charge in [0.05, 0.1) is 11.6 Å². The largest absolute Gasteiger partial charge is 0.483 e. The van der Waals surface area contributed by atoms with Crippen LogP contribution in [0.25, 0.3) is 0 Å². The average molecular weight is 367 g/mol. The van der Waals surface area contributed by atoms with Crippen molar-refractivity contribution in [3.63, 3.8) is 0 Å². The van der Waals surface area contributed by atoms with Crippen LogP contribution in [-0.2, 0) is 4.79 Å². The van der Waals surface area contributed by atoms with Crippen molar-refractivity contribution in [3.8, 4) is 5.75 Å². The maximum Gasteiger partial charge on any atom is 0.255 e. The number of carbonyl (C=O) groups excluding carboxylic acids is 2. The summed E-state index contributed by atoms with van der Waals surface area (Å²) in [6.45, 7) is 2.32. The molecule has 3 rings (SSSR count). The fraction of sp³-hybridized carbons (Fsp3) is 0.333. The van der Waals surface area contributed by atoms with Crippen molar-refractivity contribution in [2.75, 3.05) is 26.2 Å². The number of nitrogens with one attached hydrogen (secondary N) is 1. The third-order valence-electron chi connectivity index (χ3n) is 4.72. The summed E-state index contributed by atoms with van der Waals surface area (Å²) in [5, 5.41) is 3.03. The molecule has 1 unspecified atom stereocenters. The van der Waals surface area contributed by atoms with E-state index in [9.17, 15) is 9.59 Å². The molecule has 0 aromatic heterocycles. The van der Waals surface area contributed by atoms with Crippen molar-refractivity contribution in [1.82, 2.24) is 10.2 Å². The summed E-state index contributed by atoms with van der Waals surface area (Å²) >= 11 is 0. The van der Waals surface area contributed by atoms with Crippen molar-refractivity contribution in [2.24, 2.45) is 5.73 Å². The van der Waals surface area contributed by atoms with Crippen LogP contribution in [0.4, 0.5) is 0 Å². The molecule has 1 aliphatic heterocycles. The van der Waals surface area contributed by atoms with Gasteiger partial charge in [-0.2, -0.15) is 0 Å². The van der Waals surface area contributed by atoms with E-state index in [1.54, 1.807) is 24.3 Å². The highest BCUT2D eigenvalue weighted by Gasteiger charge is 2.24. The highest BCUT2D eigenvalue weighted by atomic mass is 16.5. The van der Waals surface area contributed by atoms with Crippen LogP contribution in [0.3, 0.4) is 0 Å². The second-order valence-corrected chi connectivity index (χ2v) is 6.63. The summed E-state index contributed by atoms with van der Waals surface area (Å²) < 4.78 is 5.37. The van der Waals surface area contributed by atoms with Crippen LogP contribution in [0, 0.1) is 0 Å². The molecule has 2 aromatic carbocycles. The van der Waals surface area contributed by atoms with Crippen LogP contribution in [0.5, 0.6) is 5.75 Å². The van der Waals surface area contributed by atoms with Crippen LogP contribution < -0.4 is 15.8 Å². The number of amides is 2. The number of hydrogen-bond acceptors (Lipinski definition) is 4. The Kier molecular flexibility index (Phi) is 6.44. The molecule has 2 aromatic rings. The van der Waals surface area contributed by atoms with Crippen LogP contribution in [0.2, 0.25) is 0 Å². The van der Waals surface area contributed by atoms with Crippen molar-refractivity contribution in [3.05, 3.63) is 65.7 Å². The second kappa shape index (κ2) is 9.19. The first-order valence-electron chi connectivity index (χ1n) is 9.22. The highest BCUT2D eigenvalue weighted by molar-refractivity contribution is 5.97. The number of carbonyl (C=O) groups is 2. The van der Waals surface area contributed by atoms with Crippen molar-refractivity contribution < 1.29 is 14.3 Å². The average Bonchev–Trinajstić information content (AvgIpc) is 3.22. The number of para-hydroxylation sites is 1. The summed E-state index contributed by atoms with van der Waals surface area (Å²) in [5.41, 5.74) is 6.72. The van der Waals surface area contributed by atoms with Gasteiger partial charge in [-0.15, -0.1) is 0 Å². The lowest BCUT2D eigenvalue weighted by atomic mass is 10.1. The smallest absolute Gasteiger partial charge is 0.255 e. The second-order valence-electron chi connectivity index (χ2n) is 6.63. The Morgan fingerprint density at radius 2 is 1.70 bits per heavy atom. The molecule has 142 valence electrons. The van der Waals surface area contributed by atoms with E-state index in [1.165, 1.54) is 18.4 Å². The van der Waals surface area contributed by atoms with Gasteiger partial charge >= 0.3 is 0 Å². The monoisotopic (exact) mass is 367 g/mol. The molecular formula is C21H25N3O3. The Morgan fingerprint density at radius 3 is 2.41 bits per heavy atom. The van der Waals surface area contributed by atoms with E-state index < -0.39 is 5.91 Å². The first kappa shape index (κ1) is 18.9. The molecule has 2 amide bonds. The van der Waals surface area contributed by atoms with Crippen molar-refractivity contribution in [2.45, 2.75) is 18.9 Å². The fourth-order valence-electron chi connectivity index (χ4n) is 3.40. The molecule has 1 saturated heterocycles. The molecule has 1 aliphatic rings. The number of nitrogens with two attached hydrogens (primary N) is 1. The van der Waals surface area contributed by atoms with E-state index in [0.717, 1.165) is 13.1 Å². The molecule has 6 nitrogen and oxygen atoms in total. The van der Waals surface area contributed by atoms with Gasteiger partial charge in [-0.05, 0) is 43.6 Å². The SMILES string of the molecule is NC(=O)COc1ccccc1C(=O)NCC(c1ccccc1)N1CCCC1. The molecule has 0 bridgehead atoms. The number of hydrogen-bond donors (Lipinski definition) is 2. The highest BCUT2D eigenvalue weighted by Crippen LogP contribution is 2.25.